The molecule has 1 heterocycles. The zero-order chi connectivity index (χ0) is 18.4. The van der Waals surface area contributed by atoms with Gasteiger partial charge in [0.15, 0.2) is 5.11 Å². The quantitative estimate of drug-likeness (QED) is 0.716. The molecule has 1 aliphatic heterocycles. The summed E-state index contributed by atoms with van der Waals surface area (Å²) in [4.78, 5) is 24.2. The fourth-order valence-electron chi connectivity index (χ4n) is 2.31. The van der Waals surface area contributed by atoms with E-state index < -0.39 is 5.41 Å². The molecule has 6 nitrogen and oxygen atoms in total. The van der Waals surface area contributed by atoms with Crippen molar-refractivity contribution in [1.82, 2.24) is 10.6 Å². The molecule has 1 saturated heterocycles. The van der Waals surface area contributed by atoms with E-state index in [1.54, 1.807) is 24.3 Å². The van der Waals surface area contributed by atoms with E-state index in [0.717, 1.165) is 19.4 Å². The van der Waals surface area contributed by atoms with E-state index in [1.807, 2.05) is 20.8 Å². The van der Waals surface area contributed by atoms with Gasteiger partial charge in [0.25, 0.3) is 5.91 Å². The van der Waals surface area contributed by atoms with E-state index in [1.165, 1.54) is 0 Å². The van der Waals surface area contributed by atoms with Crippen LogP contribution in [0.5, 0.6) is 0 Å². The fourth-order valence-corrected chi connectivity index (χ4v) is 2.52. The first kappa shape index (κ1) is 19.3. The molecule has 1 fully saturated rings. The van der Waals surface area contributed by atoms with Gasteiger partial charge in [-0.1, -0.05) is 26.8 Å². The molecular formula is C18H25N3O3S. The Balaban J connectivity index is 1.90. The van der Waals surface area contributed by atoms with E-state index in [0.29, 0.717) is 17.8 Å². The lowest BCUT2D eigenvalue weighted by Crippen LogP contribution is -2.41. The van der Waals surface area contributed by atoms with E-state index in [2.05, 4.69) is 16.0 Å². The van der Waals surface area contributed by atoms with Gasteiger partial charge in [-0.3, -0.25) is 9.59 Å². The molecule has 25 heavy (non-hydrogen) atoms. The van der Waals surface area contributed by atoms with Crippen molar-refractivity contribution in [1.29, 1.82) is 0 Å². The molecule has 2 rings (SSSR count). The van der Waals surface area contributed by atoms with Crippen molar-refractivity contribution in [2.24, 2.45) is 5.41 Å². The molecule has 7 heteroatoms. The summed E-state index contributed by atoms with van der Waals surface area (Å²) in [6, 6.07) is 6.97. The smallest absolute Gasteiger partial charge is 0.251 e. The van der Waals surface area contributed by atoms with Crippen LogP contribution in [-0.4, -0.2) is 36.2 Å². The lowest BCUT2D eigenvalue weighted by Gasteiger charge is -2.18. The van der Waals surface area contributed by atoms with Crippen LogP contribution in [0.2, 0.25) is 0 Å². The minimum atomic E-state index is -0.532. The van der Waals surface area contributed by atoms with Crippen LogP contribution >= 0.6 is 12.2 Å². The standard InChI is InChI=1S/C18H25N3O3S/c1-18(2,3)16(23)21-17(25)20-13-7-4-6-12(10-13)15(22)19-11-14-8-5-9-24-14/h4,6-7,10,14H,5,8-9,11H2,1-3H3,(H,19,22)(H2,20,21,23,25)/t14-/m0/s1. The zero-order valence-corrected chi connectivity index (χ0v) is 15.7. The molecule has 0 spiro atoms. The van der Waals surface area contributed by atoms with Crippen LogP contribution in [0.4, 0.5) is 5.69 Å². The Hall–Kier alpha value is -1.99. The minimum Gasteiger partial charge on any atom is -0.376 e. The van der Waals surface area contributed by atoms with Gasteiger partial charge in [-0.25, -0.2) is 0 Å². The topological polar surface area (TPSA) is 79.5 Å². The van der Waals surface area contributed by atoms with E-state index in [4.69, 9.17) is 17.0 Å². The third kappa shape index (κ3) is 6.10. The Morgan fingerprint density at radius 2 is 2.08 bits per heavy atom. The number of thiocarbonyl (C=S) groups is 1. The van der Waals surface area contributed by atoms with Crippen LogP contribution in [0.25, 0.3) is 0 Å². The summed E-state index contributed by atoms with van der Waals surface area (Å²) >= 11 is 5.15. The average molecular weight is 363 g/mol. The Bertz CT molecular complexity index is 649. The molecule has 2 amide bonds. The largest absolute Gasteiger partial charge is 0.376 e. The third-order valence-electron chi connectivity index (χ3n) is 3.81. The van der Waals surface area contributed by atoms with Crippen LogP contribution in [0.15, 0.2) is 24.3 Å². The maximum atomic E-state index is 12.3. The highest BCUT2D eigenvalue weighted by atomic mass is 32.1. The number of anilines is 1. The monoisotopic (exact) mass is 363 g/mol. The van der Waals surface area contributed by atoms with Crippen molar-refractivity contribution in [3.8, 4) is 0 Å². The molecule has 1 aromatic carbocycles. The van der Waals surface area contributed by atoms with Gasteiger partial charge in [0, 0.05) is 29.8 Å². The molecule has 0 bridgehead atoms. The Labute approximate surface area is 153 Å². The number of benzene rings is 1. The molecule has 1 atom stereocenters. The number of rotatable bonds is 4. The van der Waals surface area contributed by atoms with Crippen molar-refractivity contribution >= 4 is 34.8 Å². The molecule has 0 radical (unpaired) electrons. The molecule has 136 valence electrons. The van der Waals surface area contributed by atoms with Gasteiger partial charge in [0.2, 0.25) is 5.91 Å². The maximum Gasteiger partial charge on any atom is 0.251 e. The van der Waals surface area contributed by atoms with Crippen molar-refractivity contribution < 1.29 is 14.3 Å². The second-order valence-electron chi connectivity index (χ2n) is 7.08. The molecule has 1 aliphatic rings. The van der Waals surface area contributed by atoms with Crippen LogP contribution < -0.4 is 16.0 Å². The first-order valence-corrected chi connectivity index (χ1v) is 8.79. The normalized spacial score (nSPS) is 17.0. The predicted molar refractivity (Wildman–Crippen MR) is 102 cm³/mol. The highest BCUT2D eigenvalue weighted by Gasteiger charge is 2.22. The molecule has 0 saturated carbocycles. The Morgan fingerprint density at radius 3 is 2.72 bits per heavy atom. The number of nitrogens with one attached hydrogen (secondary N) is 3. The predicted octanol–water partition coefficient (Wildman–Crippen LogP) is 2.45. The van der Waals surface area contributed by atoms with Crippen molar-refractivity contribution in [3.63, 3.8) is 0 Å². The summed E-state index contributed by atoms with van der Waals surface area (Å²) < 4.78 is 5.50. The first-order chi connectivity index (χ1) is 11.8. The second-order valence-corrected chi connectivity index (χ2v) is 7.49. The number of ether oxygens (including phenoxy) is 1. The number of hydrogen-bond acceptors (Lipinski definition) is 4. The summed E-state index contributed by atoms with van der Waals surface area (Å²) in [5.74, 6) is -0.334. The second kappa shape index (κ2) is 8.40. The third-order valence-corrected chi connectivity index (χ3v) is 4.01. The maximum absolute atomic E-state index is 12.3. The van der Waals surface area contributed by atoms with Crippen molar-refractivity contribution in [2.75, 3.05) is 18.5 Å². The van der Waals surface area contributed by atoms with Gasteiger partial charge in [-0.2, -0.15) is 0 Å². The molecule has 0 aliphatic carbocycles. The van der Waals surface area contributed by atoms with Gasteiger partial charge in [-0.15, -0.1) is 0 Å². The van der Waals surface area contributed by atoms with Gasteiger partial charge in [-0.05, 0) is 43.3 Å². The van der Waals surface area contributed by atoms with Gasteiger partial charge < -0.3 is 20.7 Å². The summed E-state index contributed by atoms with van der Waals surface area (Å²) in [7, 11) is 0. The number of carbonyl (C=O) groups is 2. The van der Waals surface area contributed by atoms with Crippen molar-refractivity contribution in [3.05, 3.63) is 29.8 Å². The van der Waals surface area contributed by atoms with Gasteiger partial charge in [0.1, 0.15) is 0 Å². The van der Waals surface area contributed by atoms with Crippen molar-refractivity contribution in [2.45, 2.75) is 39.7 Å². The molecule has 0 aromatic heterocycles. The molecule has 0 unspecified atom stereocenters. The van der Waals surface area contributed by atoms with Crippen LogP contribution in [-0.2, 0) is 9.53 Å². The zero-order valence-electron chi connectivity index (χ0n) is 14.8. The number of carbonyl (C=O) groups excluding carboxylic acids is 2. The number of amides is 2. The lowest BCUT2D eigenvalue weighted by atomic mass is 9.96. The first-order valence-electron chi connectivity index (χ1n) is 8.38. The van der Waals surface area contributed by atoms with E-state index in [-0.39, 0.29) is 23.0 Å². The Kier molecular flexibility index (Phi) is 6.50. The lowest BCUT2D eigenvalue weighted by molar-refractivity contribution is -0.126. The Morgan fingerprint density at radius 1 is 1.32 bits per heavy atom. The SMILES string of the molecule is CC(C)(C)C(=O)NC(=S)Nc1cccc(C(=O)NC[C@@H]2CCCO2)c1. The van der Waals surface area contributed by atoms with E-state index in [9.17, 15) is 9.59 Å². The fraction of sp³-hybridized carbons (Fsp3) is 0.500. The summed E-state index contributed by atoms with van der Waals surface area (Å²) in [6.45, 7) is 6.70. The van der Waals surface area contributed by atoms with Gasteiger partial charge in [0.05, 0.1) is 6.10 Å². The highest BCUT2D eigenvalue weighted by molar-refractivity contribution is 7.80. The van der Waals surface area contributed by atoms with Crippen LogP contribution in [0, 0.1) is 5.41 Å². The van der Waals surface area contributed by atoms with Gasteiger partial charge >= 0.3 is 0 Å². The summed E-state index contributed by atoms with van der Waals surface area (Å²) in [5, 5.41) is 8.66. The molecular weight excluding hydrogens is 338 g/mol. The van der Waals surface area contributed by atoms with Crippen LogP contribution in [0.1, 0.15) is 44.0 Å². The van der Waals surface area contributed by atoms with Crippen LogP contribution in [0.3, 0.4) is 0 Å². The molecule has 1 aromatic rings. The number of hydrogen-bond donors (Lipinski definition) is 3. The minimum absolute atomic E-state index is 0.102. The summed E-state index contributed by atoms with van der Waals surface area (Å²) in [5.41, 5.74) is 0.632. The average Bonchev–Trinajstić information content (AvgIpc) is 3.05. The summed E-state index contributed by atoms with van der Waals surface area (Å²) in [6.07, 6.45) is 2.12. The van der Waals surface area contributed by atoms with E-state index >= 15 is 0 Å². The molecule has 3 N–H and O–H groups in total. The highest BCUT2D eigenvalue weighted by Crippen LogP contribution is 2.14.